The number of likely N-dealkylation sites (tertiary alicyclic amines) is 1. The van der Waals surface area contributed by atoms with Crippen LogP contribution in [-0.2, 0) is 0 Å². The van der Waals surface area contributed by atoms with Gasteiger partial charge in [0.2, 0.25) is 0 Å². The number of rotatable bonds is 5. The Morgan fingerprint density at radius 3 is 2.62 bits per heavy atom. The minimum atomic E-state index is 0.687. The molecule has 21 heavy (non-hydrogen) atoms. The van der Waals surface area contributed by atoms with Crippen LogP contribution in [0.4, 0.5) is 5.69 Å². The van der Waals surface area contributed by atoms with E-state index in [-0.39, 0.29) is 0 Å². The van der Waals surface area contributed by atoms with Gasteiger partial charge in [-0.2, -0.15) is 0 Å². The van der Waals surface area contributed by atoms with Crippen molar-refractivity contribution in [3.05, 3.63) is 65.2 Å². The van der Waals surface area contributed by atoms with E-state index in [1.165, 1.54) is 18.5 Å². The molecule has 0 bridgehead atoms. The van der Waals surface area contributed by atoms with Crippen molar-refractivity contribution in [2.45, 2.75) is 12.3 Å². The first-order valence-electron chi connectivity index (χ1n) is 7.58. The summed E-state index contributed by atoms with van der Waals surface area (Å²) in [6.45, 7) is 4.35. The van der Waals surface area contributed by atoms with E-state index in [1.807, 2.05) is 24.3 Å². The molecule has 1 aliphatic heterocycles. The molecule has 1 N–H and O–H groups in total. The summed E-state index contributed by atoms with van der Waals surface area (Å²) in [5.41, 5.74) is 2.50. The molecule has 0 spiro atoms. The summed E-state index contributed by atoms with van der Waals surface area (Å²) in [6.07, 6.45) is 1.26. The van der Waals surface area contributed by atoms with Gasteiger partial charge >= 0.3 is 0 Å². The highest BCUT2D eigenvalue weighted by Crippen LogP contribution is 2.26. The van der Waals surface area contributed by atoms with Crippen LogP contribution < -0.4 is 5.32 Å². The maximum atomic E-state index is 6.15. The van der Waals surface area contributed by atoms with Gasteiger partial charge in [0.25, 0.3) is 0 Å². The van der Waals surface area contributed by atoms with E-state index in [1.54, 1.807) is 0 Å². The summed E-state index contributed by atoms with van der Waals surface area (Å²) in [7, 11) is 0. The highest BCUT2D eigenvalue weighted by Gasteiger charge is 2.22. The highest BCUT2D eigenvalue weighted by molar-refractivity contribution is 6.33. The molecule has 2 aromatic carbocycles. The Kier molecular flexibility index (Phi) is 4.79. The van der Waals surface area contributed by atoms with Crippen LogP contribution in [0.15, 0.2) is 54.6 Å². The van der Waals surface area contributed by atoms with Crippen LogP contribution in [0.25, 0.3) is 0 Å². The predicted octanol–water partition coefficient (Wildman–Crippen LogP) is 4.24. The standard InChI is InChI=1S/C18H21ClN2/c19-17-8-4-5-9-18(17)20-11-13-21-12-10-16(14-21)15-6-2-1-3-7-15/h1-9,16,20H,10-14H2. The lowest BCUT2D eigenvalue weighted by molar-refractivity contribution is 0.348. The number of para-hydroxylation sites is 1. The molecular formula is C18H21ClN2. The first-order valence-corrected chi connectivity index (χ1v) is 7.96. The fraction of sp³-hybridized carbons (Fsp3) is 0.333. The third-order valence-corrected chi connectivity index (χ3v) is 4.49. The second kappa shape index (κ2) is 6.97. The number of hydrogen-bond donors (Lipinski definition) is 1. The van der Waals surface area contributed by atoms with E-state index in [0.29, 0.717) is 5.92 Å². The van der Waals surface area contributed by atoms with Gasteiger partial charge in [-0.3, -0.25) is 0 Å². The van der Waals surface area contributed by atoms with Crippen molar-refractivity contribution in [1.82, 2.24) is 4.90 Å². The van der Waals surface area contributed by atoms with Crippen molar-refractivity contribution in [3.8, 4) is 0 Å². The van der Waals surface area contributed by atoms with Crippen molar-refractivity contribution >= 4 is 17.3 Å². The van der Waals surface area contributed by atoms with Crippen molar-refractivity contribution < 1.29 is 0 Å². The number of hydrogen-bond acceptors (Lipinski definition) is 2. The molecule has 3 rings (SSSR count). The Hall–Kier alpha value is -1.51. The Bertz CT molecular complexity index is 570. The molecule has 2 nitrogen and oxygen atoms in total. The van der Waals surface area contributed by atoms with Gasteiger partial charge in [0, 0.05) is 19.6 Å². The van der Waals surface area contributed by atoms with Gasteiger partial charge in [-0.25, -0.2) is 0 Å². The smallest absolute Gasteiger partial charge is 0.0637 e. The van der Waals surface area contributed by atoms with Crippen LogP contribution in [0.5, 0.6) is 0 Å². The molecule has 1 aliphatic rings. The van der Waals surface area contributed by atoms with E-state index < -0.39 is 0 Å². The summed E-state index contributed by atoms with van der Waals surface area (Å²) < 4.78 is 0. The molecule has 110 valence electrons. The zero-order chi connectivity index (χ0) is 14.5. The molecule has 1 saturated heterocycles. The minimum Gasteiger partial charge on any atom is -0.383 e. The number of nitrogens with zero attached hydrogens (tertiary/aromatic N) is 1. The third kappa shape index (κ3) is 3.78. The summed E-state index contributed by atoms with van der Waals surface area (Å²) >= 11 is 6.15. The van der Waals surface area contributed by atoms with E-state index in [9.17, 15) is 0 Å². The molecule has 1 heterocycles. The van der Waals surface area contributed by atoms with Gasteiger partial charge in [0.15, 0.2) is 0 Å². The lowest BCUT2D eigenvalue weighted by atomic mass is 9.99. The van der Waals surface area contributed by atoms with Crippen LogP contribution in [0.2, 0.25) is 5.02 Å². The Balaban J connectivity index is 1.46. The molecule has 1 fully saturated rings. The molecule has 0 radical (unpaired) electrons. The number of nitrogens with one attached hydrogen (secondary N) is 1. The van der Waals surface area contributed by atoms with Gasteiger partial charge in [-0.05, 0) is 36.6 Å². The predicted molar refractivity (Wildman–Crippen MR) is 90.2 cm³/mol. The Morgan fingerprint density at radius 2 is 1.81 bits per heavy atom. The third-order valence-electron chi connectivity index (χ3n) is 4.16. The maximum absolute atomic E-state index is 6.15. The average Bonchev–Trinajstić information content (AvgIpc) is 2.99. The minimum absolute atomic E-state index is 0.687. The molecule has 0 saturated carbocycles. The van der Waals surface area contributed by atoms with Crippen LogP contribution >= 0.6 is 11.6 Å². The number of benzene rings is 2. The lowest BCUT2D eigenvalue weighted by Gasteiger charge is -2.17. The first-order chi connectivity index (χ1) is 10.3. The first kappa shape index (κ1) is 14.4. The molecule has 0 amide bonds. The topological polar surface area (TPSA) is 15.3 Å². The van der Waals surface area contributed by atoms with E-state index in [0.717, 1.165) is 30.3 Å². The van der Waals surface area contributed by atoms with Crippen molar-refractivity contribution in [1.29, 1.82) is 0 Å². The van der Waals surface area contributed by atoms with Crippen molar-refractivity contribution in [2.75, 3.05) is 31.5 Å². The van der Waals surface area contributed by atoms with Crippen LogP contribution in [0, 0.1) is 0 Å². The highest BCUT2D eigenvalue weighted by atomic mass is 35.5. The van der Waals surface area contributed by atoms with Gasteiger partial charge in [0.1, 0.15) is 0 Å². The van der Waals surface area contributed by atoms with Crippen LogP contribution in [-0.4, -0.2) is 31.1 Å². The summed E-state index contributed by atoms with van der Waals surface area (Å²) in [4.78, 5) is 2.53. The summed E-state index contributed by atoms with van der Waals surface area (Å²) in [6, 6.07) is 18.8. The zero-order valence-corrected chi connectivity index (χ0v) is 12.9. The second-order valence-electron chi connectivity index (χ2n) is 5.60. The molecule has 0 aliphatic carbocycles. The van der Waals surface area contributed by atoms with Gasteiger partial charge in [-0.15, -0.1) is 0 Å². The summed E-state index contributed by atoms with van der Waals surface area (Å²) in [5, 5.41) is 4.21. The van der Waals surface area contributed by atoms with Crippen molar-refractivity contribution in [2.24, 2.45) is 0 Å². The lowest BCUT2D eigenvalue weighted by Crippen LogP contribution is -2.26. The molecule has 1 atom stereocenters. The van der Waals surface area contributed by atoms with Gasteiger partial charge in [-0.1, -0.05) is 54.1 Å². The largest absolute Gasteiger partial charge is 0.383 e. The summed E-state index contributed by atoms with van der Waals surface area (Å²) in [5.74, 6) is 0.687. The molecular weight excluding hydrogens is 280 g/mol. The fourth-order valence-electron chi connectivity index (χ4n) is 2.99. The van der Waals surface area contributed by atoms with E-state index in [4.69, 9.17) is 11.6 Å². The van der Waals surface area contributed by atoms with E-state index in [2.05, 4.69) is 40.5 Å². The molecule has 2 aromatic rings. The normalized spacial score (nSPS) is 18.8. The van der Waals surface area contributed by atoms with E-state index >= 15 is 0 Å². The molecule has 0 aromatic heterocycles. The zero-order valence-electron chi connectivity index (χ0n) is 12.1. The SMILES string of the molecule is Clc1ccccc1NCCN1CCC(c2ccccc2)C1. The second-order valence-corrected chi connectivity index (χ2v) is 6.01. The van der Waals surface area contributed by atoms with Gasteiger partial charge in [0.05, 0.1) is 10.7 Å². The maximum Gasteiger partial charge on any atom is 0.0637 e. The van der Waals surface area contributed by atoms with Crippen LogP contribution in [0.1, 0.15) is 17.9 Å². The van der Waals surface area contributed by atoms with Crippen LogP contribution in [0.3, 0.4) is 0 Å². The molecule has 3 heteroatoms. The van der Waals surface area contributed by atoms with Gasteiger partial charge < -0.3 is 10.2 Å². The number of halogens is 1. The monoisotopic (exact) mass is 300 g/mol. The average molecular weight is 301 g/mol. The van der Waals surface area contributed by atoms with Crippen molar-refractivity contribution in [3.63, 3.8) is 0 Å². The Labute approximate surface area is 131 Å². The quantitative estimate of drug-likeness (QED) is 0.888. The molecule has 1 unspecified atom stereocenters. The Morgan fingerprint density at radius 1 is 1.05 bits per heavy atom. The fourth-order valence-corrected chi connectivity index (χ4v) is 3.19. The number of anilines is 1.